The van der Waals surface area contributed by atoms with Crippen LogP contribution in [0.25, 0.3) is 22.4 Å². The molecule has 0 aliphatic rings. The second kappa shape index (κ2) is 7.09. The summed E-state index contributed by atoms with van der Waals surface area (Å²) in [5.41, 5.74) is -0.399. The van der Waals surface area contributed by atoms with Gasteiger partial charge in [0.15, 0.2) is 0 Å². The molecule has 0 atom stereocenters. The zero-order chi connectivity index (χ0) is 19.0. The Balaban J connectivity index is 2.52. The van der Waals surface area contributed by atoms with Crippen LogP contribution in [0.2, 0.25) is 10.0 Å². The average Bonchev–Trinajstić information content (AvgIpc) is 2.60. The molecule has 3 aromatic rings. The predicted molar refractivity (Wildman–Crippen MR) is 98.8 cm³/mol. The summed E-state index contributed by atoms with van der Waals surface area (Å²) in [6, 6.07) is 8.92. The highest BCUT2D eigenvalue weighted by atomic mass is 35.5. The molecule has 0 radical (unpaired) electrons. The van der Waals surface area contributed by atoms with E-state index in [-0.39, 0.29) is 39.2 Å². The Bertz CT molecular complexity index is 1040. The molecule has 7 heteroatoms. The van der Waals surface area contributed by atoms with E-state index in [1.807, 2.05) is 0 Å². The van der Waals surface area contributed by atoms with Gasteiger partial charge in [0, 0.05) is 22.7 Å². The van der Waals surface area contributed by atoms with Crippen LogP contribution in [0, 0.1) is 11.6 Å². The number of hydrogen-bond acceptors (Lipinski definition) is 2. The van der Waals surface area contributed by atoms with Crippen molar-refractivity contribution in [2.75, 3.05) is 0 Å². The van der Waals surface area contributed by atoms with Crippen LogP contribution in [0.3, 0.4) is 0 Å². The number of rotatable bonds is 3. The second-order valence-electron chi connectivity index (χ2n) is 5.56. The maximum absolute atomic E-state index is 14.5. The lowest BCUT2D eigenvalue weighted by molar-refractivity contribution is 0.475. The molecule has 1 N–H and O–H groups in total. The van der Waals surface area contributed by atoms with Crippen molar-refractivity contribution in [3.05, 3.63) is 74.5 Å². The van der Waals surface area contributed by atoms with Gasteiger partial charge in [-0.05, 0) is 43.3 Å². The Morgan fingerprint density at radius 3 is 2.27 bits per heavy atom. The Labute approximate surface area is 158 Å². The molecule has 0 bridgehead atoms. The van der Waals surface area contributed by atoms with E-state index >= 15 is 0 Å². The number of nitrogens with zero attached hydrogens (tertiary/aromatic N) is 1. The van der Waals surface area contributed by atoms with Crippen LogP contribution >= 0.6 is 23.2 Å². The van der Waals surface area contributed by atoms with Crippen molar-refractivity contribution in [2.45, 2.75) is 13.5 Å². The lowest BCUT2D eigenvalue weighted by Gasteiger charge is -2.19. The van der Waals surface area contributed by atoms with Gasteiger partial charge in [-0.1, -0.05) is 29.3 Å². The first-order valence-corrected chi connectivity index (χ1v) is 8.47. The van der Waals surface area contributed by atoms with Crippen LogP contribution in [0.5, 0.6) is 5.75 Å². The molecule has 0 saturated carbocycles. The Kier molecular flexibility index (Phi) is 5.03. The lowest BCUT2D eigenvalue weighted by atomic mass is 9.97. The van der Waals surface area contributed by atoms with Gasteiger partial charge in [0.1, 0.15) is 22.4 Å². The molecule has 0 amide bonds. The fourth-order valence-electron chi connectivity index (χ4n) is 2.85. The Morgan fingerprint density at radius 2 is 1.65 bits per heavy atom. The number of phenolic OH excluding ortho intramolecular Hbond substituents is 1. The minimum atomic E-state index is -0.827. The maximum Gasteiger partial charge on any atom is 0.269 e. The first-order chi connectivity index (χ1) is 12.3. The van der Waals surface area contributed by atoms with Gasteiger partial charge in [-0.3, -0.25) is 4.79 Å². The molecule has 26 heavy (non-hydrogen) atoms. The van der Waals surface area contributed by atoms with Crippen molar-refractivity contribution >= 4 is 23.2 Å². The molecule has 3 nitrogen and oxygen atoms in total. The number of benzene rings is 2. The molecule has 2 aromatic carbocycles. The number of aromatic hydroxyl groups is 1. The van der Waals surface area contributed by atoms with E-state index in [0.29, 0.717) is 5.56 Å². The molecular formula is C19H13Cl2F2NO2. The molecule has 1 heterocycles. The van der Waals surface area contributed by atoms with Crippen molar-refractivity contribution in [3.63, 3.8) is 0 Å². The van der Waals surface area contributed by atoms with E-state index in [2.05, 4.69) is 0 Å². The highest BCUT2D eigenvalue weighted by molar-refractivity contribution is 6.34. The van der Waals surface area contributed by atoms with Crippen LogP contribution in [0.1, 0.15) is 6.92 Å². The Morgan fingerprint density at radius 1 is 1.00 bits per heavy atom. The van der Waals surface area contributed by atoms with Crippen LogP contribution in [-0.2, 0) is 6.54 Å². The van der Waals surface area contributed by atoms with Gasteiger partial charge in [-0.25, -0.2) is 8.78 Å². The van der Waals surface area contributed by atoms with E-state index in [9.17, 15) is 18.7 Å². The summed E-state index contributed by atoms with van der Waals surface area (Å²) in [6.07, 6.45) is 0. The zero-order valence-electron chi connectivity index (χ0n) is 13.6. The van der Waals surface area contributed by atoms with Gasteiger partial charge in [0.05, 0.1) is 11.3 Å². The molecule has 0 aliphatic heterocycles. The third kappa shape index (κ3) is 3.08. The van der Waals surface area contributed by atoms with Crippen molar-refractivity contribution in [1.29, 1.82) is 0 Å². The highest BCUT2D eigenvalue weighted by Gasteiger charge is 2.23. The van der Waals surface area contributed by atoms with E-state index in [1.54, 1.807) is 6.92 Å². The van der Waals surface area contributed by atoms with Crippen LogP contribution in [0.4, 0.5) is 8.78 Å². The molecule has 0 unspecified atom stereocenters. The SMILES string of the molecule is CCn1c(-c2c(F)cccc2F)c(-c2cc(O)ccc2Cl)cc(Cl)c1=O. The number of aromatic nitrogens is 1. The maximum atomic E-state index is 14.5. The largest absolute Gasteiger partial charge is 0.508 e. The fraction of sp³-hybridized carbons (Fsp3) is 0.105. The van der Waals surface area contributed by atoms with Gasteiger partial charge in [-0.2, -0.15) is 0 Å². The van der Waals surface area contributed by atoms with E-state index in [0.717, 1.165) is 12.1 Å². The summed E-state index contributed by atoms with van der Waals surface area (Å²) >= 11 is 12.3. The van der Waals surface area contributed by atoms with Crippen molar-refractivity contribution in [1.82, 2.24) is 4.57 Å². The highest BCUT2D eigenvalue weighted by Crippen LogP contribution is 2.39. The smallest absolute Gasteiger partial charge is 0.269 e. The van der Waals surface area contributed by atoms with Gasteiger partial charge < -0.3 is 9.67 Å². The van der Waals surface area contributed by atoms with Crippen molar-refractivity contribution in [3.8, 4) is 28.1 Å². The zero-order valence-corrected chi connectivity index (χ0v) is 15.1. The van der Waals surface area contributed by atoms with Gasteiger partial charge in [0.2, 0.25) is 0 Å². The summed E-state index contributed by atoms with van der Waals surface area (Å²) in [6.45, 7) is 1.79. The number of phenols is 1. The average molecular weight is 396 g/mol. The quantitative estimate of drug-likeness (QED) is 0.636. The normalized spacial score (nSPS) is 11.0. The monoisotopic (exact) mass is 395 g/mol. The van der Waals surface area contributed by atoms with E-state index < -0.39 is 17.2 Å². The third-order valence-corrected chi connectivity index (χ3v) is 4.60. The second-order valence-corrected chi connectivity index (χ2v) is 6.38. The van der Waals surface area contributed by atoms with Crippen LogP contribution in [-0.4, -0.2) is 9.67 Å². The molecular weight excluding hydrogens is 383 g/mol. The third-order valence-electron chi connectivity index (χ3n) is 4.00. The summed E-state index contributed by atoms with van der Waals surface area (Å²) in [7, 11) is 0. The first kappa shape index (κ1) is 18.4. The molecule has 134 valence electrons. The Hall–Kier alpha value is -2.37. The number of hydrogen-bond donors (Lipinski definition) is 1. The van der Waals surface area contributed by atoms with E-state index in [1.165, 1.54) is 34.9 Å². The minimum Gasteiger partial charge on any atom is -0.508 e. The molecule has 0 aliphatic carbocycles. The topological polar surface area (TPSA) is 42.2 Å². The van der Waals surface area contributed by atoms with Gasteiger partial charge in [0.25, 0.3) is 5.56 Å². The molecule has 1 aromatic heterocycles. The summed E-state index contributed by atoms with van der Waals surface area (Å²) in [5, 5.41) is 9.92. The minimum absolute atomic E-state index is 0.00463. The number of halogens is 4. The summed E-state index contributed by atoms with van der Waals surface area (Å²) in [4.78, 5) is 12.5. The summed E-state index contributed by atoms with van der Waals surface area (Å²) < 4.78 is 30.2. The van der Waals surface area contributed by atoms with Gasteiger partial charge in [-0.15, -0.1) is 0 Å². The van der Waals surface area contributed by atoms with Gasteiger partial charge >= 0.3 is 0 Å². The lowest BCUT2D eigenvalue weighted by Crippen LogP contribution is -2.23. The standard InChI is InChI=1S/C19H13Cl2F2NO2/c1-2-24-18(17-15(22)4-3-5-16(17)23)12(9-14(21)19(24)26)11-8-10(25)6-7-13(11)20/h3-9,25H,2H2,1H3. The van der Waals surface area contributed by atoms with E-state index in [4.69, 9.17) is 23.2 Å². The predicted octanol–water partition coefficient (Wildman–Crippen LogP) is 5.49. The molecule has 0 fully saturated rings. The van der Waals surface area contributed by atoms with Crippen molar-refractivity contribution < 1.29 is 13.9 Å². The van der Waals surface area contributed by atoms with Crippen molar-refractivity contribution in [2.24, 2.45) is 0 Å². The first-order valence-electron chi connectivity index (χ1n) is 7.71. The van der Waals surface area contributed by atoms with Crippen LogP contribution < -0.4 is 5.56 Å². The summed E-state index contributed by atoms with van der Waals surface area (Å²) in [5.74, 6) is -1.74. The van der Waals surface area contributed by atoms with Crippen LogP contribution in [0.15, 0.2) is 47.3 Å². The molecule has 0 saturated heterocycles. The number of pyridine rings is 1. The molecule has 0 spiro atoms. The fourth-order valence-corrected chi connectivity index (χ4v) is 3.28. The molecule has 3 rings (SSSR count).